The van der Waals surface area contributed by atoms with Gasteiger partial charge >= 0.3 is 0 Å². The molecule has 1 aromatic heterocycles. The maximum absolute atomic E-state index is 5.20. The second-order valence-corrected chi connectivity index (χ2v) is 4.80. The standard InChI is InChI=1S/C12H18N2O/c1-12(2)7-10(12)14-8-9-5-4-6-13-11(9)15-3/h4-6,10,14H,7-8H2,1-3H3. The Hall–Kier alpha value is -1.09. The van der Waals surface area contributed by atoms with Crippen LogP contribution in [-0.4, -0.2) is 18.1 Å². The number of aromatic nitrogens is 1. The van der Waals surface area contributed by atoms with Crippen molar-refractivity contribution in [3.63, 3.8) is 0 Å². The molecule has 1 aliphatic rings. The number of nitrogens with zero attached hydrogens (tertiary/aromatic N) is 1. The predicted molar refractivity (Wildman–Crippen MR) is 59.8 cm³/mol. The second-order valence-electron chi connectivity index (χ2n) is 4.80. The van der Waals surface area contributed by atoms with E-state index in [1.165, 1.54) is 6.42 Å². The second kappa shape index (κ2) is 3.81. The Balaban J connectivity index is 1.93. The fraction of sp³-hybridized carbons (Fsp3) is 0.583. The van der Waals surface area contributed by atoms with Crippen LogP contribution in [0.2, 0.25) is 0 Å². The summed E-state index contributed by atoms with van der Waals surface area (Å²) in [5.74, 6) is 0.725. The SMILES string of the molecule is COc1ncccc1CNC1CC1(C)C. The first-order valence-electron chi connectivity index (χ1n) is 5.35. The van der Waals surface area contributed by atoms with E-state index in [0.717, 1.165) is 18.0 Å². The highest BCUT2D eigenvalue weighted by Crippen LogP contribution is 2.44. The van der Waals surface area contributed by atoms with Crippen molar-refractivity contribution in [1.82, 2.24) is 10.3 Å². The number of pyridine rings is 1. The van der Waals surface area contributed by atoms with Crippen molar-refractivity contribution < 1.29 is 4.74 Å². The molecular weight excluding hydrogens is 188 g/mol. The summed E-state index contributed by atoms with van der Waals surface area (Å²) in [6.07, 6.45) is 3.01. The summed E-state index contributed by atoms with van der Waals surface area (Å²) < 4.78 is 5.20. The average molecular weight is 206 g/mol. The summed E-state index contributed by atoms with van der Waals surface area (Å²) in [6, 6.07) is 4.63. The van der Waals surface area contributed by atoms with Gasteiger partial charge in [0.05, 0.1) is 7.11 Å². The molecule has 1 N–H and O–H groups in total. The maximum atomic E-state index is 5.20. The highest BCUT2D eigenvalue weighted by Gasteiger charge is 2.45. The zero-order chi connectivity index (χ0) is 10.9. The van der Waals surface area contributed by atoms with Crippen LogP contribution in [0.1, 0.15) is 25.8 Å². The molecular formula is C12H18N2O. The third-order valence-corrected chi connectivity index (χ3v) is 3.10. The topological polar surface area (TPSA) is 34.1 Å². The van der Waals surface area contributed by atoms with Gasteiger partial charge in [0, 0.05) is 24.3 Å². The molecule has 0 spiro atoms. The van der Waals surface area contributed by atoms with Crippen LogP contribution in [0.5, 0.6) is 5.88 Å². The molecule has 2 rings (SSSR count). The molecule has 82 valence electrons. The van der Waals surface area contributed by atoms with Gasteiger partial charge in [-0.1, -0.05) is 19.9 Å². The van der Waals surface area contributed by atoms with E-state index in [1.807, 2.05) is 12.1 Å². The van der Waals surface area contributed by atoms with Gasteiger partial charge in [-0.25, -0.2) is 4.98 Å². The number of methoxy groups -OCH3 is 1. The Kier molecular flexibility index (Phi) is 2.65. The Bertz CT molecular complexity index is 349. The van der Waals surface area contributed by atoms with E-state index >= 15 is 0 Å². The van der Waals surface area contributed by atoms with Crippen molar-refractivity contribution in [2.24, 2.45) is 5.41 Å². The van der Waals surface area contributed by atoms with Crippen LogP contribution >= 0.6 is 0 Å². The van der Waals surface area contributed by atoms with Crippen LogP contribution in [0, 0.1) is 5.41 Å². The van der Waals surface area contributed by atoms with Crippen molar-refractivity contribution >= 4 is 0 Å². The molecule has 0 saturated heterocycles. The highest BCUT2D eigenvalue weighted by atomic mass is 16.5. The first-order valence-corrected chi connectivity index (χ1v) is 5.35. The van der Waals surface area contributed by atoms with Crippen LogP contribution in [-0.2, 0) is 6.54 Å². The van der Waals surface area contributed by atoms with Gasteiger partial charge in [0.25, 0.3) is 0 Å². The monoisotopic (exact) mass is 206 g/mol. The molecule has 1 aromatic rings. The minimum atomic E-state index is 0.468. The summed E-state index contributed by atoms with van der Waals surface area (Å²) >= 11 is 0. The van der Waals surface area contributed by atoms with Crippen LogP contribution < -0.4 is 10.1 Å². The van der Waals surface area contributed by atoms with Crippen molar-refractivity contribution in [3.05, 3.63) is 23.9 Å². The van der Waals surface area contributed by atoms with Gasteiger partial charge in [-0.2, -0.15) is 0 Å². The molecule has 0 radical (unpaired) electrons. The lowest BCUT2D eigenvalue weighted by Crippen LogP contribution is -2.20. The first-order chi connectivity index (χ1) is 7.13. The minimum absolute atomic E-state index is 0.468. The third-order valence-electron chi connectivity index (χ3n) is 3.10. The van der Waals surface area contributed by atoms with Gasteiger partial charge in [0.15, 0.2) is 0 Å². The molecule has 15 heavy (non-hydrogen) atoms. The number of hydrogen-bond acceptors (Lipinski definition) is 3. The van der Waals surface area contributed by atoms with Crippen molar-refractivity contribution in [2.45, 2.75) is 32.9 Å². The molecule has 1 aliphatic carbocycles. The van der Waals surface area contributed by atoms with Crippen LogP contribution in [0.4, 0.5) is 0 Å². The quantitative estimate of drug-likeness (QED) is 0.818. The third kappa shape index (κ3) is 2.29. The van der Waals surface area contributed by atoms with Crippen LogP contribution in [0.25, 0.3) is 0 Å². The molecule has 1 unspecified atom stereocenters. The number of nitrogens with one attached hydrogen (secondary N) is 1. The lowest BCUT2D eigenvalue weighted by Gasteiger charge is -2.09. The fourth-order valence-corrected chi connectivity index (χ4v) is 1.79. The van der Waals surface area contributed by atoms with E-state index in [2.05, 4.69) is 24.1 Å². The van der Waals surface area contributed by atoms with Gasteiger partial charge in [0.2, 0.25) is 5.88 Å². The van der Waals surface area contributed by atoms with Gasteiger partial charge in [0.1, 0.15) is 0 Å². The molecule has 1 heterocycles. The predicted octanol–water partition coefficient (Wildman–Crippen LogP) is 1.98. The highest BCUT2D eigenvalue weighted by molar-refractivity contribution is 5.25. The van der Waals surface area contributed by atoms with Crippen molar-refractivity contribution in [2.75, 3.05) is 7.11 Å². The molecule has 0 aromatic carbocycles. The van der Waals surface area contributed by atoms with Crippen molar-refractivity contribution in [3.8, 4) is 5.88 Å². The molecule has 3 nitrogen and oxygen atoms in total. The largest absolute Gasteiger partial charge is 0.481 e. The van der Waals surface area contributed by atoms with Gasteiger partial charge < -0.3 is 10.1 Å². The summed E-state index contributed by atoms with van der Waals surface area (Å²) in [4.78, 5) is 4.17. The average Bonchev–Trinajstić information content (AvgIpc) is 2.84. The van der Waals surface area contributed by atoms with E-state index in [4.69, 9.17) is 4.74 Å². The smallest absolute Gasteiger partial charge is 0.217 e. The number of rotatable bonds is 4. The summed E-state index contributed by atoms with van der Waals surface area (Å²) in [6.45, 7) is 5.40. The Morgan fingerprint density at radius 1 is 1.60 bits per heavy atom. The van der Waals surface area contributed by atoms with Gasteiger partial charge in [-0.05, 0) is 17.9 Å². The van der Waals surface area contributed by atoms with Crippen LogP contribution in [0.15, 0.2) is 18.3 Å². The Morgan fingerprint density at radius 3 is 2.93 bits per heavy atom. The van der Waals surface area contributed by atoms with Crippen molar-refractivity contribution in [1.29, 1.82) is 0 Å². The Labute approximate surface area is 90.9 Å². The van der Waals surface area contributed by atoms with Gasteiger partial charge in [-0.3, -0.25) is 0 Å². The lowest BCUT2D eigenvalue weighted by molar-refractivity contribution is 0.389. The molecule has 0 aliphatic heterocycles. The zero-order valence-corrected chi connectivity index (χ0v) is 9.58. The van der Waals surface area contributed by atoms with E-state index in [9.17, 15) is 0 Å². The number of hydrogen-bond donors (Lipinski definition) is 1. The minimum Gasteiger partial charge on any atom is -0.481 e. The molecule has 0 bridgehead atoms. The summed E-state index contributed by atoms with van der Waals surface area (Å²) in [7, 11) is 1.66. The number of ether oxygens (including phenoxy) is 1. The summed E-state index contributed by atoms with van der Waals surface area (Å²) in [5, 5.41) is 3.52. The first kappa shape index (κ1) is 10.4. The molecule has 0 amide bonds. The molecule has 1 atom stereocenters. The van der Waals surface area contributed by atoms with Gasteiger partial charge in [-0.15, -0.1) is 0 Å². The molecule has 3 heteroatoms. The normalized spacial score (nSPS) is 22.5. The Morgan fingerprint density at radius 2 is 2.33 bits per heavy atom. The van der Waals surface area contributed by atoms with Crippen LogP contribution in [0.3, 0.4) is 0 Å². The van der Waals surface area contributed by atoms with E-state index in [0.29, 0.717) is 11.5 Å². The summed E-state index contributed by atoms with van der Waals surface area (Å²) in [5.41, 5.74) is 1.60. The van der Waals surface area contributed by atoms with E-state index in [-0.39, 0.29) is 0 Å². The maximum Gasteiger partial charge on any atom is 0.217 e. The molecule has 1 fully saturated rings. The molecule has 1 saturated carbocycles. The van der Waals surface area contributed by atoms with E-state index < -0.39 is 0 Å². The fourth-order valence-electron chi connectivity index (χ4n) is 1.79. The zero-order valence-electron chi connectivity index (χ0n) is 9.58. The van der Waals surface area contributed by atoms with E-state index in [1.54, 1.807) is 13.3 Å². The lowest BCUT2D eigenvalue weighted by atomic mass is 10.2.